The van der Waals surface area contributed by atoms with Gasteiger partial charge in [-0.05, 0) is 30.5 Å². The molecule has 0 atom stereocenters. The van der Waals surface area contributed by atoms with E-state index in [4.69, 9.17) is 5.11 Å². The second-order valence-electron chi connectivity index (χ2n) is 3.77. The van der Waals surface area contributed by atoms with Crippen molar-refractivity contribution in [2.24, 2.45) is 0 Å². The van der Waals surface area contributed by atoms with Crippen LogP contribution in [0.3, 0.4) is 0 Å². The number of amides is 3. The Hall–Kier alpha value is -2.24. The minimum absolute atomic E-state index is 0.228. The molecule has 0 saturated carbocycles. The molecule has 3 amide bonds. The van der Waals surface area contributed by atoms with Gasteiger partial charge in [-0.1, -0.05) is 12.1 Å². The normalized spacial score (nSPS) is 9.61. The number of phenolic OH excluding ortho intramolecular Hbond substituents is 1. The van der Waals surface area contributed by atoms with Crippen LogP contribution in [0.5, 0.6) is 5.75 Å². The first-order valence-corrected chi connectivity index (χ1v) is 5.66. The van der Waals surface area contributed by atoms with E-state index in [2.05, 4.69) is 16.2 Å². The van der Waals surface area contributed by atoms with Gasteiger partial charge in [-0.2, -0.15) is 0 Å². The second-order valence-corrected chi connectivity index (χ2v) is 3.77. The minimum atomic E-state index is -0.457. The third-order valence-corrected chi connectivity index (χ3v) is 2.35. The van der Waals surface area contributed by atoms with E-state index < -0.39 is 6.03 Å². The summed E-state index contributed by atoms with van der Waals surface area (Å²) in [5.41, 5.74) is 5.55. The number of carbonyl (C=O) groups excluding carboxylic acids is 2. The van der Waals surface area contributed by atoms with Crippen LogP contribution < -0.4 is 16.2 Å². The highest BCUT2D eigenvalue weighted by Crippen LogP contribution is 2.11. The lowest BCUT2D eigenvalue weighted by Crippen LogP contribution is -2.45. The van der Waals surface area contributed by atoms with E-state index in [9.17, 15) is 9.59 Å². The number of hydrazine groups is 1. The lowest BCUT2D eigenvalue weighted by molar-refractivity contribution is -0.121. The molecule has 1 rings (SSSR count). The molecule has 4 N–H and O–H groups in total. The Morgan fingerprint density at radius 1 is 1.17 bits per heavy atom. The third-order valence-electron chi connectivity index (χ3n) is 2.35. The average Bonchev–Trinajstić information content (AvgIpc) is 2.38. The second kappa shape index (κ2) is 7.16. The summed E-state index contributed by atoms with van der Waals surface area (Å²) in [6.07, 6.45) is 1.74. The van der Waals surface area contributed by atoms with Gasteiger partial charge in [-0.25, -0.2) is 10.2 Å². The molecule has 0 aliphatic rings. The van der Waals surface area contributed by atoms with Crippen molar-refractivity contribution in [2.45, 2.75) is 19.3 Å². The van der Waals surface area contributed by atoms with Crippen molar-refractivity contribution in [1.29, 1.82) is 0 Å². The van der Waals surface area contributed by atoms with Crippen LogP contribution in [-0.4, -0.2) is 24.1 Å². The smallest absolute Gasteiger partial charge is 0.333 e. The van der Waals surface area contributed by atoms with Gasteiger partial charge in [0, 0.05) is 13.5 Å². The van der Waals surface area contributed by atoms with Crippen molar-refractivity contribution in [3.63, 3.8) is 0 Å². The number of rotatable bonds is 4. The van der Waals surface area contributed by atoms with Crippen LogP contribution in [0.4, 0.5) is 4.79 Å². The Labute approximate surface area is 105 Å². The van der Waals surface area contributed by atoms with Crippen LogP contribution in [0, 0.1) is 0 Å². The van der Waals surface area contributed by atoms with E-state index in [1.165, 1.54) is 7.05 Å². The fourth-order valence-electron chi connectivity index (χ4n) is 1.37. The number of nitrogens with one attached hydrogen (secondary N) is 3. The number of urea groups is 1. The molecular weight excluding hydrogens is 234 g/mol. The van der Waals surface area contributed by atoms with Crippen molar-refractivity contribution in [1.82, 2.24) is 16.2 Å². The van der Waals surface area contributed by atoms with Crippen LogP contribution in [-0.2, 0) is 11.2 Å². The molecule has 0 unspecified atom stereocenters. The highest BCUT2D eigenvalue weighted by molar-refractivity contribution is 5.80. The van der Waals surface area contributed by atoms with Gasteiger partial charge >= 0.3 is 6.03 Å². The van der Waals surface area contributed by atoms with Crippen molar-refractivity contribution in [3.8, 4) is 5.75 Å². The predicted octanol–water partition coefficient (Wildman–Crippen LogP) is 0.675. The summed E-state index contributed by atoms with van der Waals surface area (Å²) < 4.78 is 0. The lowest BCUT2D eigenvalue weighted by Gasteiger charge is -2.06. The molecule has 0 fully saturated rings. The molecule has 0 aliphatic carbocycles. The van der Waals surface area contributed by atoms with E-state index in [-0.39, 0.29) is 11.7 Å². The summed E-state index contributed by atoms with van der Waals surface area (Å²) in [6.45, 7) is 0. The number of phenols is 1. The maximum absolute atomic E-state index is 11.3. The molecule has 0 bridgehead atoms. The largest absolute Gasteiger partial charge is 0.508 e. The molecule has 1 aromatic carbocycles. The number of carbonyl (C=O) groups is 2. The molecular formula is C12H17N3O3. The highest BCUT2D eigenvalue weighted by Gasteiger charge is 2.03. The summed E-state index contributed by atoms with van der Waals surface area (Å²) in [5, 5.41) is 11.4. The fourth-order valence-corrected chi connectivity index (χ4v) is 1.37. The van der Waals surface area contributed by atoms with Gasteiger partial charge in [0.2, 0.25) is 5.91 Å². The Balaban J connectivity index is 2.19. The molecule has 6 nitrogen and oxygen atoms in total. The van der Waals surface area contributed by atoms with Gasteiger partial charge in [0.25, 0.3) is 0 Å². The highest BCUT2D eigenvalue weighted by atomic mass is 16.3. The maximum Gasteiger partial charge on any atom is 0.333 e. The molecule has 0 saturated heterocycles. The van der Waals surface area contributed by atoms with E-state index >= 15 is 0 Å². The number of hydrogen-bond acceptors (Lipinski definition) is 3. The van der Waals surface area contributed by atoms with E-state index in [1.54, 1.807) is 12.1 Å². The van der Waals surface area contributed by atoms with Crippen LogP contribution in [0.25, 0.3) is 0 Å². The Kier molecular flexibility index (Phi) is 5.50. The number of benzene rings is 1. The molecule has 6 heteroatoms. The Morgan fingerprint density at radius 2 is 1.83 bits per heavy atom. The zero-order valence-corrected chi connectivity index (χ0v) is 10.2. The molecule has 98 valence electrons. The zero-order valence-electron chi connectivity index (χ0n) is 10.2. The topological polar surface area (TPSA) is 90.5 Å². The SMILES string of the molecule is CNC(=O)NNC(=O)CCCc1ccc(O)cc1. The maximum atomic E-state index is 11.3. The van der Waals surface area contributed by atoms with Gasteiger partial charge in [-0.15, -0.1) is 0 Å². The average molecular weight is 251 g/mol. The molecule has 0 spiro atoms. The molecule has 0 radical (unpaired) electrons. The van der Waals surface area contributed by atoms with Crippen LogP contribution in [0.1, 0.15) is 18.4 Å². The first-order chi connectivity index (χ1) is 8.61. The van der Waals surface area contributed by atoms with Crippen molar-refractivity contribution >= 4 is 11.9 Å². The van der Waals surface area contributed by atoms with Crippen LogP contribution in [0.15, 0.2) is 24.3 Å². The van der Waals surface area contributed by atoms with E-state index in [0.29, 0.717) is 12.8 Å². The molecule has 1 aromatic rings. The molecule has 0 aliphatic heterocycles. The summed E-state index contributed by atoms with van der Waals surface area (Å²) in [4.78, 5) is 22.1. The predicted molar refractivity (Wildman–Crippen MR) is 66.8 cm³/mol. The quantitative estimate of drug-likeness (QED) is 0.593. The molecule has 18 heavy (non-hydrogen) atoms. The van der Waals surface area contributed by atoms with Gasteiger partial charge in [0.1, 0.15) is 5.75 Å². The molecule has 0 heterocycles. The van der Waals surface area contributed by atoms with Gasteiger partial charge in [-0.3, -0.25) is 10.2 Å². The number of aryl methyl sites for hydroxylation is 1. The van der Waals surface area contributed by atoms with Gasteiger partial charge in [0.15, 0.2) is 0 Å². The fraction of sp³-hybridized carbons (Fsp3) is 0.333. The van der Waals surface area contributed by atoms with Crippen molar-refractivity contribution in [2.75, 3.05) is 7.05 Å². The standard InChI is InChI=1S/C12H17N3O3/c1-13-12(18)15-14-11(17)4-2-3-9-5-7-10(16)8-6-9/h5-8,16H,2-4H2,1H3,(H,14,17)(H2,13,15,18). The monoisotopic (exact) mass is 251 g/mol. The van der Waals surface area contributed by atoms with Crippen LogP contribution in [0.2, 0.25) is 0 Å². The third kappa shape index (κ3) is 5.20. The molecule has 0 aromatic heterocycles. The first kappa shape index (κ1) is 13.8. The Morgan fingerprint density at radius 3 is 2.44 bits per heavy atom. The summed E-state index contributed by atoms with van der Waals surface area (Å²) >= 11 is 0. The number of aromatic hydroxyl groups is 1. The van der Waals surface area contributed by atoms with Crippen molar-refractivity contribution in [3.05, 3.63) is 29.8 Å². The minimum Gasteiger partial charge on any atom is -0.508 e. The van der Waals surface area contributed by atoms with E-state index in [1.807, 2.05) is 12.1 Å². The zero-order chi connectivity index (χ0) is 13.4. The number of hydrogen-bond donors (Lipinski definition) is 4. The Bertz CT molecular complexity index is 404. The van der Waals surface area contributed by atoms with Crippen LogP contribution >= 0.6 is 0 Å². The van der Waals surface area contributed by atoms with E-state index in [0.717, 1.165) is 12.0 Å². The lowest BCUT2D eigenvalue weighted by atomic mass is 10.1. The first-order valence-electron chi connectivity index (χ1n) is 5.66. The van der Waals surface area contributed by atoms with Gasteiger partial charge < -0.3 is 10.4 Å². The summed E-state index contributed by atoms with van der Waals surface area (Å²) in [5.74, 6) is -0.0105. The summed E-state index contributed by atoms with van der Waals surface area (Å²) in [6, 6.07) is 6.40. The summed E-state index contributed by atoms with van der Waals surface area (Å²) in [7, 11) is 1.46. The van der Waals surface area contributed by atoms with Gasteiger partial charge in [0.05, 0.1) is 0 Å². The van der Waals surface area contributed by atoms with Crippen molar-refractivity contribution < 1.29 is 14.7 Å².